The first-order chi connectivity index (χ1) is 15.3. The Bertz CT molecular complexity index is 1230. The molecule has 0 unspecified atom stereocenters. The minimum absolute atomic E-state index is 0.131. The van der Waals surface area contributed by atoms with Crippen LogP contribution in [0.15, 0.2) is 60.7 Å². The number of fused-ring (bicyclic) bond motifs is 1. The second-order valence-electron chi connectivity index (χ2n) is 8.05. The van der Waals surface area contributed by atoms with Crippen molar-refractivity contribution < 1.29 is 13.2 Å². The molecule has 0 aromatic heterocycles. The van der Waals surface area contributed by atoms with Crippen molar-refractivity contribution in [3.63, 3.8) is 0 Å². The van der Waals surface area contributed by atoms with Gasteiger partial charge in [-0.3, -0.25) is 4.79 Å². The minimum atomic E-state index is -3.65. The van der Waals surface area contributed by atoms with E-state index in [1.165, 1.54) is 4.31 Å². The van der Waals surface area contributed by atoms with Crippen LogP contribution in [0.2, 0.25) is 10.0 Å². The predicted octanol–water partition coefficient (Wildman–Crippen LogP) is 5.00. The molecule has 0 radical (unpaired) electrons. The van der Waals surface area contributed by atoms with E-state index in [-0.39, 0.29) is 24.1 Å². The van der Waals surface area contributed by atoms with Gasteiger partial charge in [-0.2, -0.15) is 0 Å². The van der Waals surface area contributed by atoms with Crippen molar-refractivity contribution in [3.8, 4) is 0 Å². The summed E-state index contributed by atoms with van der Waals surface area (Å²) >= 11 is 12.3. The zero-order chi connectivity index (χ0) is 22.7. The Morgan fingerprint density at radius 3 is 2.47 bits per heavy atom. The summed E-state index contributed by atoms with van der Waals surface area (Å²) < 4.78 is 27.4. The van der Waals surface area contributed by atoms with E-state index in [9.17, 15) is 13.2 Å². The molecule has 3 aromatic rings. The molecule has 0 bridgehead atoms. The lowest BCUT2D eigenvalue weighted by atomic mass is 9.98. The highest BCUT2D eigenvalue weighted by molar-refractivity contribution is 7.88. The smallest absolute Gasteiger partial charge is 0.224 e. The fourth-order valence-corrected chi connectivity index (χ4v) is 6.40. The van der Waals surface area contributed by atoms with Gasteiger partial charge in [-0.1, -0.05) is 65.7 Å². The number of carbonyl (C=O) groups is 1. The first-order valence-corrected chi connectivity index (χ1v) is 12.9. The highest BCUT2D eigenvalue weighted by atomic mass is 35.5. The Morgan fingerprint density at radius 2 is 1.72 bits per heavy atom. The fraction of sp³-hybridized carbons (Fsp3) is 0.292. The number of amides is 1. The number of nitrogens with one attached hydrogen (secondary N) is 1. The molecular weight excluding hydrogens is 467 g/mol. The largest absolute Gasteiger partial charge is 0.352 e. The van der Waals surface area contributed by atoms with Gasteiger partial charge in [-0.25, -0.2) is 12.7 Å². The van der Waals surface area contributed by atoms with Crippen molar-refractivity contribution in [1.82, 2.24) is 9.62 Å². The maximum absolute atomic E-state index is 13.0. The molecule has 5 nitrogen and oxygen atoms in total. The Balaban J connectivity index is 1.39. The summed E-state index contributed by atoms with van der Waals surface area (Å²) in [7, 11) is -3.65. The van der Waals surface area contributed by atoms with Gasteiger partial charge >= 0.3 is 0 Å². The average Bonchev–Trinajstić information content (AvgIpc) is 2.80. The minimum Gasteiger partial charge on any atom is -0.352 e. The summed E-state index contributed by atoms with van der Waals surface area (Å²) in [5.74, 6) is -0.800. The summed E-state index contributed by atoms with van der Waals surface area (Å²) in [5, 5.41) is 5.88. The number of nitrogens with zero attached hydrogens (tertiary/aromatic N) is 1. The zero-order valence-electron chi connectivity index (χ0n) is 17.4. The standard InChI is InChI=1S/C24H24Cl2N2O3S/c25-22-8-3-9-23(26)21(22)16-32(30,31)28-12-4-7-20(15-28)24(29)27-14-17-10-11-18-5-1-2-6-19(18)13-17/h1-3,5-6,8-11,13,20H,4,7,12,14-16H2,(H,27,29)/t20-/m1/s1. The maximum Gasteiger partial charge on any atom is 0.224 e. The van der Waals surface area contributed by atoms with Crippen LogP contribution in [0.1, 0.15) is 24.0 Å². The van der Waals surface area contributed by atoms with Crippen LogP contribution in [0.25, 0.3) is 10.8 Å². The lowest BCUT2D eigenvalue weighted by Gasteiger charge is -2.31. The van der Waals surface area contributed by atoms with Crippen LogP contribution in [0.5, 0.6) is 0 Å². The molecule has 1 saturated heterocycles. The van der Waals surface area contributed by atoms with Crippen LogP contribution < -0.4 is 5.32 Å². The van der Waals surface area contributed by atoms with Gasteiger partial charge in [-0.15, -0.1) is 0 Å². The molecular formula is C24H24Cl2N2O3S. The molecule has 1 aliphatic heterocycles. The first kappa shape index (κ1) is 23.1. The van der Waals surface area contributed by atoms with Gasteiger partial charge in [0.05, 0.1) is 11.7 Å². The quantitative estimate of drug-likeness (QED) is 0.528. The SMILES string of the molecule is O=C(NCc1ccc2ccccc2c1)[C@@H]1CCCN(S(=O)(=O)Cc2c(Cl)cccc2Cl)C1. The Kier molecular flexibility index (Phi) is 7.05. The van der Waals surface area contributed by atoms with Crippen LogP contribution in [0, 0.1) is 5.92 Å². The lowest BCUT2D eigenvalue weighted by molar-refractivity contribution is -0.126. The highest BCUT2D eigenvalue weighted by Crippen LogP contribution is 2.29. The third-order valence-corrected chi connectivity index (χ3v) is 8.30. The second kappa shape index (κ2) is 9.79. The van der Waals surface area contributed by atoms with Crippen LogP contribution in [-0.4, -0.2) is 31.7 Å². The lowest BCUT2D eigenvalue weighted by Crippen LogP contribution is -2.45. The molecule has 1 N–H and O–H groups in total. The van der Waals surface area contributed by atoms with E-state index in [2.05, 4.69) is 11.4 Å². The van der Waals surface area contributed by atoms with Crippen molar-refractivity contribution >= 4 is 49.9 Å². The van der Waals surface area contributed by atoms with Crippen molar-refractivity contribution in [2.45, 2.75) is 25.1 Å². The number of piperidine rings is 1. The Labute approximate surface area is 198 Å². The summed E-state index contributed by atoms with van der Waals surface area (Å²) in [6.07, 6.45) is 1.28. The monoisotopic (exact) mass is 490 g/mol. The van der Waals surface area contributed by atoms with Crippen molar-refractivity contribution in [2.75, 3.05) is 13.1 Å². The van der Waals surface area contributed by atoms with Crippen molar-refractivity contribution in [3.05, 3.63) is 81.8 Å². The molecule has 1 atom stereocenters. The van der Waals surface area contributed by atoms with Crippen LogP contribution in [-0.2, 0) is 27.1 Å². The van der Waals surface area contributed by atoms with Gasteiger partial charge in [0.2, 0.25) is 15.9 Å². The highest BCUT2D eigenvalue weighted by Gasteiger charge is 2.33. The maximum atomic E-state index is 13.0. The van der Waals surface area contributed by atoms with Gasteiger partial charge in [0, 0.05) is 35.2 Å². The molecule has 0 spiro atoms. The van der Waals surface area contributed by atoms with Gasteiger partial charge in [0.15, 0.2) is 0 Å². The zero-order valence-corrected chi connectivity index (χ0v) is 19.8. The second-order valence-corrected chi connectivity index (χ2v) is 10.8. The van der Waals surface area contributed by atoms with E-state index in [4.69, 9.17) is 23.2 Å². The van der Waals surface area contributed by atoms with Crippen LogP contribution in [0.3, 0.4) is 0 Å². The van der Waals surface area contributed by atoms with E-state index in [0.29, 0.717) is 41.5 Å². The fourth-order valence-electron chi connectivity index (χ4n) is 4.04. The summed E-state index contributed by atoms with van der Waals surface area (Å²) in [4.78, 5) is 12.8. The summed E-state index contributed by atoms with van der Waals surface area (Å²) in [6.45, 7) is 0.953. The van der Waals surface area contributed by atoms with Crippen LogP contribution >= 0.6 is 23.2 Å². The van der Waals surface area contributed by atoms with E-state index in [0.717, 1.165) is 16.3 Å². The molecule has 1 heterocycles. The third-order valence-electron chi connectivity index (χ3n) is 5.82. The molecule has 32 heavy (non-hydrogen) atoms. The molecule has 4 rings (SSSR count). The number of sulfonamides is 1. The first-order valence-electron chi connectivity index (χ1n) is 10.5. The predicted molar refractivity (Wildman–Crippen MR) is 129 cm³/mol. The number of benzene rings is 3. The summed E-state index contributed by atoms with van der Waals surface area (Å²) in [5.41, 5.74) is 1.39. The third kappa shape index (κ3) is 5.26. The van der Waals surface area contributed by atoms with E-state index >= 15 is 0 Å². The number of halogens is 2. The Hall–Kier alpha value is -2.12. The number of rotatable bonds is 6. The van der Waals surface area contributed by atoms with Gasteiger partial charge in [0.25, 0.3) is 0 Å². The molecule has 0 aliphatic carbocycles. The van der Waals surface area contributed by atoms with E-state index in [1.54, 1.807) is 18.2 Å². The molecule has 0 saturated carbocycles. The van der Waals surface area contributed by atoms with Gasteiger partial charge in [0.1, 0.15) is 0 Å². The number of hydrogen-bond acceptors (Lipinski definition) is 3. The average molecular weight is 491 g/mol. The van der Waals surface area contributed by atoms with E-state index < -0.39 is 10.0 Å². The van der Waals surface area contributed by atoms with Crippen molar-refractivity contribution in [1.29, 1.82) is 0 Å². The molecule has 1 aliphatic rings. The topological polar surface area (TPSA) is 66.5 Å². The van der Waals surface area contributed by atoms with E-state index in [1.807, 2.05) is 36.4 Å². The molecule has 1 fully saturated rings. The number of hydrogen-bond donors (Lipinski definition) is 1. The normalized spacial score (nSPS) is 17.4. The van der Waals surface area contributed by atoms with Crippen LogP contribution in [0.4, 0.5) is 0 Å². The van der Waals surface area contributed by atoms with Crippen molar-refractivity contribution in [2.24, 2.45) is 5.92 Å². The number of carbonyl (C=O) groups excluding carboxylic acids is 1. The molecule has 168 valence electrons. The van der Waals surface area contributed by atoms with Gasteiger partial charge in [-0.05, 0) is 47.4 Å². The van der Waals surface area contributed by atoms with Gasteiger partial charge < -0.3 is 5.32 Å². The molecule has 8 heteroatoms. The summed E-state index contributed by atoms with van der Waals surface area (Å²) in [6, 6.07) is 19.1. The molecule has 1 amide bonds. The molecule has 3 aromatic carbocycles. The Morgan fingerprint density at radius 1 is 1.00 bits per heavy atom.